The maximum atomic E-state index is 12.6. The summed E-state index contributed by atoms with van der Waals surface area (Å²) in [6.07, 6.45) is 0.462. The summed E-state index contributed by atoms with van der Waals surface area (Å²) in [5.41, 5.74) is 0. The Labute approximate surface area is 119 Å². The molecule has 0 aliphatic carbocycles. The molecule has 6 heteroatoms. The van der Waals surface area contributed by atoms with Crippen molar-refractivity contribution < 1.29 is 17.9 Å². The first-order chi connectivity index (χ1) is 9.46. The van der Waals surface area contributed by atoms with Gasteiger partial charge in [-0.05, 0) is 24.5 Å². The number of sulfone groups is 1. The van der Waals surface area contributed by atoms with E-state index in [0.717, 1.165) is 0 Å². The van der Waals surface area contributed by atoms with Gasteiger partial charge in [0.05, 0.1) is 17.3 Å². The fourth-order valence-corrected chi connectivity index (χ4v) is 4.51. The van der Waals surface area contributed by atoms with Crippen LogP contribution < -0.4 is 5.32 Å². The summed E-state index contributed by atoms with van der Waals surface area (Å²) in [4.78, 5) is 11.8. The van der Waals surface area contributed by atoms with Gasteiger partial charge in [-0.15, -0.1) is 0 Å². The first-order valence-corrected chi connectivity index (χ1v) is 8.11. The monoisotopic (exact) mass is 297 g/mol. The molecule has 0 bridgehead atoms. The molecule has 0 saturated carbocycles. The molecule has 20 heavy (non-hydrogen) atoms. The van der Waals surface area contributed by atoms with Crippen LogP contribution in [0, 0.1) is 5.92 Å². The summed E-state index contributed by atoms with van der Waals surface area (Å²) in [7, 11) is -2.05. The average Bonchev–Trinajstić information content (AvgIpc) is 2.47. The molecule has 1 aromatic rings. The standard InChI is InChI=1S/C14H19NO4S/c1-10-8-12(14(16)19-2)15-9-13(10)20(17,18)11-6-4-3-5-7-11/h3-7,10,12-13,15H,8-9H2,1-2H3/t10-,12-,13-/m0/s1. The van der Waals surface area contributed by atoms with Gasteiger partial charge in [0.25, 0.3) is 0 Å². The Balaban J connectivity index is 2.17. The minimum Gasteiger partial charge on any atom is -0.468 e. The summed E-state index contributed by atoms with van der Waals surface area (Å²) in [5.74, 6) is -0.446. The van der Waals surface area contributed by atoms with Crippen LogP contribution in [-0.2, 0) is 19.4 Å². The second-order valence-electron chi connectivity index (χ2n) is 5.09. The molecular weight excluding hydrogens is 278 g/mol. The van der Waals surface area contributed by atoms with Gasteiger partial charge >= 0.3 is 5.97 Å². The predicted molar refractivity (Wildman–Crippen MR) is 75.0 cm³/mol. The van der Waals surface area contributed by atoms with E-state index in [4.69, 9.17) is 4.74 Å². The van der Waals surface area contributed by atoms with Gasteiger partial charge in [-0.2, -0.15) is 0 Å². The third kappa shape index (κ3) is 2.86. The van der Waals surface area contributed by atoms with Crippen LogP contribution in [0.15, 0.2) is 35.2 Å². The third-order valence-corrected chi connectivity index (χ3v) is 6.12. The first-order valence-electron chi connectivity index (χ1n) is 6.57. The Morgan fingerprint density at radius 2 is 1.95 bits per heavy atom. The first kappa shape index (κ1) is 15.0. The molecule has 1 aliphatic heterocycles. The van der Waals surface area contributed by atoms with Gasteiger partial charge in [0.15, 0.2) is 9.84 Å². The molecule has 0 spiro atoms. The molecule has 0 unspecified atom stereocenters. The molecule has 1 heterocycles. The van der Waals surface area contributed by atoms with Crippen molar-refractivity contribution in [3.05, 3.63) is 30.3 Å². The minimum absolute atomic E-state index is 0.106. The van der Waals surface area contributed by atoms with Crippen LogP contribution in [0.25, 0.3) is 0 Å². The zero-order valence-corrected chi connectivity index (χ0v) is 12.4. The molecule has 1 N–H and O–H groups in total. The predicted octanol–water partition coefficient (Wildman–Crippen LogP) is 1.000. The fraction of sp³-hybridized carbons (Fsp3) is 0.500. The van der Waals surface area contributed by atoms with E-state index in [1.54, 1.807) is 30.3 Å². The molecule has 1 fully saturated rings. The van der Waals surface area contributed by atoms with E-state index in [1.807, 2.05) is 6.92 Å². The molecule has 0 amide bonds. The van der Waals surface area contributed by atoms with E-state index < -0.39 is 21.1 Å². The molecule has 3 atom stereocenters. The molecule has 1 aromatic carbocycles. The van der Waals surface area contributed by atoms with Crippen LogP contribution in [0.5, 0.6) is 0 Å². The van der Waals surface area contributed by atoms with Crippen molar-refractivity contribution >= 4 is 15.8 Å². The highest BCUT2D eigenvalue weighted by atomic mass is 32.2. The van der Waals surface area contributed by atoms with Crippen LogP contribution in [0.1, 0.15) is 13.3 Å². The molecule has 0 radical (unpaired) electrons. The van der Waals surface area contributed by atoms with Crippen LogP contribution in [0.2, 0.25) is 0 Å². The highest BCUT2D eigenvalue weighted by Gasteiger charge is 2.39. The van der Waals surface area contributed by atoms with Crippen molar-refractivity contribution in [1.29, 1.82) is 0 Å². The number of piperidine rings is 1. The largest absolute Gasteiger partial charge is 0.468 e. The number of esters is 1. The maximum Gasteiger partial charge on any atom is 0.322 e. The summed E-state index contributed by atoms with van der Waals surface area (Å²) < 4.78 is 29.9. The number of carbonyl (C=O) groups excluding carboxylic acids is 1. The van der Waals surface area contributed by atoms with E-state index in [0.29, 0.717) is 11.3 Å². The topological polar surface area (TPSA) is 72.5 Å². The summed E-state index contributed by atoms with van der Waals surface area (Å²) >= 11 is 0. The van der Waals surface area contributed by atoms with Gasteiger partial charge in [0, 0.05) is 6.54 Å². The number of benzene rings is 1. The van der Waals surface area contributed by atoms with Gasteiger partial charge in [-0.3, -0.25) is 4.79 Å². The van der Waals surface area contributed by atoms with Gasteiger partial charge in [-0.25, -0.2) is 8.42 Å². The summed E-state index contributed by atoms with van der Waals surface area (Å²) in [6, 6.07) is 8.01. The molecule has 1 saturated heterocycles. The Morgan fingerprint density at radius 3 is 2.50 bits per heavy atom. The molecule has 110 valence electrons. The number of nitrogens with one attached hydrogen (secondary N) is 1. The van der Waals surface area contributed by atoms with Crippen LogP contribution in [0.4, 0.5) is 0 Å². The molecule has 5 nitrogen and oxygen atoms in total. The van der Waals surface area contributed by atoms with Crippen molar-refractivity contribution in [3.63, 3.8) is 0 Å². The zero-order valence-electron chi connectivity index (χ0n) is 11.6. The Bertz CT molecular complexity index is 570. The van der Waals surface area contributed by atoms with Crippen LogP contribution >= 0.6 is 0 Å². The third-order valence-electron chi connectivity index (χ3n) is 3.76. The molecular formula is C14H19NO4S. The second-order valence-corrected chi connectivity index (χ2v) is 7.26. The number of hydrogen-bond donors (Lipinski definition) is 1. The van der Waals surface area contributed by atoms with E-state index in [9.17, 15) is 13.2 Å². The summed E-state index contributed by atoms with van der Waals surface area (Å²) in [5, 5.41) is 2.45. The molecule has 1 aliphatic rings. The minimum atomic E-state index is -3.38. The van der Waals surface area contributed by atoms with Gasteiger partial charge in [-0.1, -0.05) is 25.1 Å². The van der Waals surface area contributed by atoms with E-state index >= 15 is 0 Å². The molecule has 2 rings (SSSR count). The lowest BCUT2D eigenvalue weighted by atomic mass is 9.94. The quantitative estimate of drug-likeness (QED) is 0.843. The number of carbonyl (C=O) groups is 1. The van der Waals surface area contributed by atoms with E-state index in [1.165, 1.54) is 7.11 Å². The zero-order chi connectivity index (χ0) is 14.8. The van der Waals surface area contributed by atoms with E-state index in [-0.39, 0.29) is 18.4 Å². The average molecular weight is 297 g/mol. The lowest BCUT2D eigenvalue weighted by molar-refractivity contribution is -0.144. The highest BCUT2D eigenvalue weighted by molar-refractivity contribution is 7.92. The van der Waals surface area contributed by atoms with Gasteiger partial charge < -0.3 is 10.1 Å². The van der Waals surface area contributed by atoms with Crippen molar-refractivity contribution in [2.24, 2.45) is 5.92 Å². The van der Waals surface area contributed by atoms with Crippen LogP contribution in [0.3, 0.4) is 0 Å². The number of ether oxygens (including phenoxy) is 1. The van der Waals surface area contributed by atoms with Crippen molar-refractivity contribution in [1.82, 2.24) is 5.32 Å². The van der Waals surface area contributed by atoms with Gasteiger partial charge in [0.2, 0.25) is 0 Å². The Hall–Kier alpha value is -1.40. The van der Waals surface area contributed by atoms with Crippen LogP contribution in [-0.4, -0.2) is 39.3 Å². The lowest BCUT2D eigenvalue weighted by Crippen LogP contribution is -2.52. The SMILES string of the molecule is COC(=O)[C@@H]1C[C@H](C)[C@@H](S(=O)(=O)c2ccccc2)CN1. The summed E-state index contributed by atoms with van der Waals surface area (Å²) in [6.45, 7) is 2.13. The van der Waals surface area contributed by atoms with Crippen molar-refractivity contribution in [2.45, 2.75) is 29.5 Å². The normalized spacial score (nSPS) is 27.0. The maximum absolute atomic E-state index is 12.6. The van der Waals surface area contributed by atoms with Crippen molar-refractivity contribution in [2.75, 3.05) is 13.7 Å². The second kappa shape index (κ2) is 5.93. The lowest BCUT2D eigenvalue weighted by Gasteiger charge is -2.33. The Morgan fingerprint density at radius 1 is 1.30 bits per heavy atom. The number of hydrogen-bond acceptors (Lipinski definition) is 5. The Kier molecular flexibility index (Phi) is 4.45. The number of rotatable bonds is 3. The van der Waals surface area contributed by atoms with Crippen molar-refractivity contribution in [3.8, 4) is 0 Å². The number of methoxy groups -OCH3 is 1. The molecule has 0 aromatic heterocycles. The highest BCUT2D eigenvalue weighted by Crippen LogP contribution is 2.27. The fourth-order valence-electron chi connectivity index (χ4n) is 2.59. The van der Waals surface area contributed by atoms with Gasteiger partial charge in [0.1, 0.15) is 6.04 Å². The smallest absolute Gasteiger partial charge is 0.322 e. The van der Waals surface area contributed by atoms with E-state index in [2.05, 4.69) is 5.32 Å².